The number of guanidine groups is 1. The van der Waals surface area contributed by atoms with Crippen LogP contribution in [0.5, 0.6) is 0 Å². The summed E-state index contributed by atoms with van der Waals surface area (Å²) in [6, 6.07) is 17.2. The maximum atomic E-state index is 12.5. The highest BCUT2D eigenvalue weighted by atomic mass is 35.5. The maximum Gasteiger partial charge on any atom is 0.437 e. The number of hydrogen-bond donors (Lipinski definition) is 4. The molecule has 42 heavy (non-hydrogen) atoms. The van der Waals surface area contributed by atoms with Crippen LogP contribution < -0.4 is 16.0 Å². The molecule has 9 nitrogen and oxygen atoms in total. The number of nitrogens with zero attached hydrogens (tertiary/aromatic N) is 1. The highest BCUT2D eigenvalue weighted by Gasteiger charge is 2.21. The predicted octanol–water partition coefficient (Wildman–Crippen LogP) is 8.32. The van der Waals surface area contributed by atoms with Crippen LogP contribution in [-0.4, -0.2) is 40.9 Å². The van der Waals surface area contributed by atoms with Gasteiger partial charge in [0.2, 0.25) is 5.96 Å². The molecule has 0 saturated carbocycles. The molecule has 1 heterocycles. The van der Waals surface area contributed by atoms with Crippen LogP contribution in [0.3, 0.4) is 0 Å². The summed E-state index contributed by atoms with van der Waals surface area (Å²) in [6.07, 6.45) is -1.12. The molecule has 0 atom stereocenters. The summed E-state index contributed by atoms with van der Waals surface area (Å²) in [5, 5.41) is 12.4. The Balaban J connectivity index is 1.65. The Morgan fingerprint density at radius 1 is 0.857 bits per heavy atom. The molecule has 0 unspecified atom stereocenters. The monoisotopic (exact) mass is 611 g/mol. The van der Waals surface area contributed by atoms with E-state index in [-0.39, 0.29) is 5.96 Å². The first kappa shape index (κ1) is 31.0. The normalized spacial score (nSPS) is 12.3. The quantitative estimate of drug-likeness (QED) is 0.133. The van der Waals surface area contributed by atoms with Crippen molar-refractivity contribution in [2.75, 3.05) is 11.9 Å². The second kappa shape index (κ2) is 12.5. The third-order valence-corrected chi connectivity index (χ3v) is 6.34. The Morgan fingerprint density at radius 2 is 1.52 bits per heavy atom. The van der Waals surface area contributed by atoms with Gasteiger partial charge in [0.1, 0.15) is 11.2 Å². The van der Waals surface area contributed by atoms with E-state index >= 15 is 0 Å². The van der Waals surface area contributed by atoms with Gasteiger partial charge in [0.05, 0.1) is 5.52 Å². The summed E-state index contributed by atoms with van der Waals surface area (Å²) >= 11 is 12.4. The number of amides is 2. The van der Waals surface area contributed by atoms with Gasteiger partial charge in [-0.1, -0.05) is 29.3 Å². The van der Waals surface area contributed by atoms with Crippen LogP contribution >= 0.6 is 23.2 Å². The fourth-order valence-corrected chi connectivity index (χ4v) is 4.56. The van der Waals surface area contributed by atoms with Gasteiger partial charge in [-0.25, -0.2) is 9.59 Å². The molecule has 2 amide bonds. The number of aromatic nitrogens is 1. The maximum absolute atomic E-state index is 12.5. The van der Waals surface area contributed by atoms with E-state index < -0.39 is 23.4 Å². The minimum atomic E-state index is -0.847. The Kier molecular flexibility index (Phi) is 9.23. The van der Waals surface area contributed by atoms with Crippen molar-refractivity contribution in [2.24, 2.45) is 4.99 Å². The van der Waals surface area contributed by atoms with Gasteiger partial charge in [0.15, 0.2) is 0 Å². The van der Waals surface area contributed by atoms with Crippen molar-refractivity contribution in [3.8, 4) is 0 Å². The van der Waals surface area contributed by atoms with E-state index in [0.717, 1.165) is 38.7 Å². The van der Waals surface area contributed by atoms with E-state index in [1.165, 1.54) is 0 Å². The predicted molar refractivity (Wildman–Crippen MR) is 170 cm³/mol. The van der Waals surface area contributed by atoms with Crippen molar-refractivity contribution in [1.29, 1.82) is 0 Å². The highest BCUT2D eigenvalue weighted by molar-refractivity contribution is 6.32. The number of benzene rings is 3. The Hall–Kier alpha value is -3.95. The Morgan fingerprint density at radius 3 is 2.19 bits per heavy atom. The highest BCUT2D eigenvalue weighted by Crippen LogP contribution is 2.34. The number of ether oxygens (including phenoxy) is 2. The molecule has 0 aliphatic heterocycles. The van der Waals surface area contributed by atoms with Crippen molar-refractivity contribution in [2.45, 2.75) is 59.2 Å². The molecule has 0 saturated heterocycles. The third kappa shape index (κ3) is 8.53. The molecule has 3 aromatic carbocycles. The van der Waals surface area contributed by atoms with Gasteiger partial charge in [0, 0.05) is 49.8 Å². The second-order valence-electron chi connectivity index (χ2n) is 11.7. The number of rotatable bonds is 5. The standard InChI is InChI=1S/C31H35Cl2N5O4/c1-30(2,3)41-28(39)37-27(38-29(40)42-31(4,5)6)34-16-15-22-24(35-20-10-7-18(32)8-11-20)14-12-21-23-17-19(33)9-13-25(23)36-26(21)22/h7-14,17,35-36H,15-16H2,1-6H3,(H2,34,37,38,39,40). The lowest BCUT2D eigenvalue weighted by molar-refractivity contribution is 0.0560. The number of fused-ring (bicyclic) bond motifs is 3. The van der Waals surface area contributed by atoms with Gasteiger partial charge in [0.25, 0.3) is 0 Å². The smallest absolute Gasteiger partial charge is 0.437 e. The first-order valence-corrected chi connectivity index (χ1v) is 14.2. The van der Waals surface area contributed by atoms with Gasteiger partial charge >= 0.3 is 12.2 Å². The zero-order chi connectivity index (χ0) is 30.7. The number of carbonyl (C=O) groups is 2. The largest absolute Gasteiger partial charge is 0.444 e. The molecule has 11 heteroatoms. The molecule has 1 aromatic heterocycles. The van der Waals surface area contributed by atoms with Gasteiger partial charge in [-0.15, -0.1) is 4.99 Å². The summed E-state index contributed by atoms with van der Waals surface area (Å²) < 4.78 is 10.7. The molecule has 222 valence electrons. The molecular weight excluding hydrogens is 577 g/mol. The number of carbonyl (C=O) groups excluding carboxylic acids is 2. The number of halogens is 2. The molecule has 4 rings (SSSR count). The summed E-state index contributed by atoms with van der Waals surface area (Å²) in [5.41, 5.74) is 3.09. The number of alkyl carbamates (subject to hydrolysis) is 1. The summed E-state index contributed by atoms with van der Waals surface area (Å²) in [7, 11) is 0. The number of aromatic amines is 1. The lowest BCUT2D eigenvalue weighted by Crippen LogP contribution is -2.44. The van der Waals surface area contributed by atoms with Crippen LogP contribution in [0, 0.1) is 0 Å². The number of H-pyrrole nitrogens is 1. The number of anilines is 2. The fourth-order valence-electron chi connectivity index (χ4n) is 4.26. The van der Waals surface area contributed by atoms with Gasteiger partial charge < -0.3 is 25.1 Å². The average molecular weight is 613 g/mol. The van der Waals surface area contributed by atoms with Crippen molar-refractivity contribution < 1.29 is 19.1 Å². The minimum Gasteiger partial charge on any atom is -0.444 e. The summed E-state index contributed by atoms with van der Waals surface area (Å²) in [6.45, 7) is 10.7. The third-order valence-electron chi connectivity index (χ3n) is 5.85. The zero-order valence-electron chi connectivity index (χ0n) is 24.4. The van der Waals surface area contributed by atoms with E-state index in [1.807, 2.05) is 54.6 Å². The molecule has 4 N–H and O–H groups in total. The SMILES string of the molecule is CC(C)(C)OC(=O)/N=C(/NCCc1c(Nc2ccc(Cl)cc2)ccc2c1[nH]c1ccc(Cl)cc12)NC(=O)OC(C)(C)C. The molecule has 0 aliphatic carbocycles. The summed E-state index contributed by atoms with van der Waals surface area (Å²) in [5.74, 6) is -0.0821. The molecule has 4 aromatic rings. The van der Waals surface area contributed by atoms with E-state index in [9.17, 15) is 9.59 Å². The zero-order valence-corrected chi connectivity index (χ0v) is 26.0. The van der Waals surface area contributed by atoms with Crippen LogP contribution in [0.15, 0.2) is 59.6 Å². The second-order valence-corrected chi connectivity index (χ2v) is 12.6. The van der Waals surface area contributed by atoms with E-state index in [4.69, 9.17) is 32.7 Å². The first-order chi connectivity index (χ1) is 19.7. The number of aliphatic imine (C=N–C) groups is 1. The molecular formula is C31H35Cl2N5O4. The van der Waals surface area contributed by atoms with Crippen molar-refractivity contribution in [3.63, 3.8) is 0 Å². The van der Waals surface area contributed by atoms with Crippen LogP contribution in [-0.2, 0) is 15.9 Å². The topological polar surface area (TPSA) is 117 Å². The molecule has 0 radical (unpaired) electrons. The summed E-state index contributed by atoms with van der Waals surface area (Å²) in [4.78, 5) is 32.5. The van der Waals surface area contributed by atoms with Crippen LogP contribution in [0.25, 0.3) is 21.8 Å². The van der Waals surface area contributed by atoms with E-state index in [1.54, 1.807) is 41.5 Å². The van der Waals surface area contributed by atoms with Gasteiger partial charge in [-0.3, -0.25) is 5.32 Å². The average Bonchev–Trinajstić information content (AvgIpc) is 3.22. The Bertz CT molecular complexity index is 1630. The lowest BCUT2D eigenvalue weighted by atomic mass is 10.0. The van der Waals surface area contributed by atoms with E-state index in [0.29, 0.717) is 23.0 Å². The number of nitrogens with one attached hydrogen (secondary N) is 4. The van der Waals surface area contributed by atoms with Crippen molar-refractivity contribution in [3.05, 3.63) is 70.2 Å². The minimum absolute atomic E-state index is 0.0821. The number of hydrogen-bond acceptors (Lipinski definition) is 5. The first-order valence-electron chi connectivity index (χ1n) is 13.5. The van der Waals surface area contributed by atoms with Gasteiger partial charge in [-0.2, -0.15) is 0 Å². The molecule has 0 fully saturated rings. The van der Waals surface area contributed by atoms with E-state index in [2.05, 4.69) is 25.9 Å². The van der Waals surface area contributed by atoms with Gasteiger partial charge in [-0.05, 0) is 96.5 Å². The molecule has 0 spiro atoms. The van der Waals surface area contributed by atoms with Crippen molar-refractivity contribution in [1.82, 2.24) is 15.6 Å². The fraction of sp³-hybridized carbons (Fsp3) is 0.323. The molecule has 0 bridgehead atoms. The Labute approximate surface area is 255 Å². The van der Waals surface area contributed by atoms with Crippen LogP contribution in [0.4, 0.5) is 21.0 Å². The van der Waals surface area contributed by atoms with Crippen LogP contribution in [0.2, 0.25) is 10.0 Å². The van der Waals surface area contributed by atoms with Crippen molar-refractivity contribution >= 4 is 74.5 Å². The lowest BCUT2D eigenvalue weighted by Gasteiger charge is -2.21. The van der Waals surface area contributed by atoms with Crippen LogP contribution in [0.1, 0.15) is 47.1 Å². The molecule has 0 aliphatic rings.